The van der Waals surface area contributed by atoms with E-state index in [4.69, 9.17) is 4.74 Å². The molecule has 0 saturated carbocycles. The molecule has 1 rings (SSSR count). The van der Waals surface area contributed by atoms with Gasteiger partial charge < -0.3 is 9.84 Å². The molecule has 2 atom stereocenters. The van der Waals surface area contributed by atoms with Gasteiger partial charge in [-0.3, -0.25) is 4.90 Å². The summed E-state index contributed by atoms with van der Waals surface area (Å²) in [5.41, 5.74) is 0. The second-order valence-corrected chi connectivity index (χ2v) is 5.56. The molecule has 102 valence electrons. The summed E-state index contributed by atoms with van der Waals surface area (Å²) in [4.78, 5) is 2.48. The molecule has 0 aromatic rings. The SMILES string of the molecule is CCC(CC)N(CC(C)C)C1COCCC1O. The number of nitrogens with zero attached hydrogens (tertiary/aromatic N) is 1. The zero-order valence-corrected chi connectivity index (χ0v) is 11.9. The fourth-order valence-corrected chi connectivity index (χ4v) is 2.76. The monoisotopic (exact) mass is 243 g/mol. The van der Waals surface area contributed by atoms with Gasteiger partial charge in [-0.1, -0.05) is 27.7 Å². The Morgan fingerprint density at radius 1 is 1.29 bits per heavy atom. The van der Waals surface area contributed by atoms with E-state index in [1.807, 2.05) is 0 Å². The van der Waals surface area contributed by atoms with Crippen LogP contribution in [0.2, 0.25) is 0 Å². The van der Waals surface area contributed by atoms with Crippen molar-refractivity contribution < 1.29 is 9.84 Å². The maximum absolute atomic E-state index is 10.2. The van der Waals surface area contributed by atoms with Gasteiger partial charge in [0, 0.05) is 19.2 Å². The van der Waals surface area contributed by atoms with Crippen molar-refractivity contribution >= 4 is 0 Å². The van der Waals surface area contributed by atoms with Gasteiger partial charge >= 0.3 is 0 Å². The highest BCUT2D eigenvalue weighted by atomic mass is 16.5. The van der Waals surface area contributed by atoms with Crippen LogP contribution in [0.1, 0.15) is 47.0 Å². The summed E-state index contributed by atoms with van der Waals surface area (Å²) >= 11 is 0. The van der Waals surface area contributed by atoms with E-state index in [2.05, 4.69) is 32.6 Å². The Balaban J connectivity index is 2.72. The van der Waals surface area contributed by atoms with E-state index < -0.39 is 0 Å². The quantitative estimate of drug-likeness (QED) is 0.777. The molecule has 2 unspecified atom stereocenters. The van der Waals surface area contributed by atoms with Crippen molar-refractivity contribution in [3.05, 3.63) is 0 Å². The van der Waals surface area contributed by atoms with E-state index in [9.17, 15) is 5.11 Å². The van der Waals surface area contributed by atoms with Crippen LogP contribution in [0, 0.1) is 5.92 Å². The third-order valence-corrected chi connectivity index (χ3v) is 3.70. The number of hydrogen-bond acceptors (Lipinski definition) is 3. The maximum atomic E-state index is 10.2. The zero-order chi connectivity index (χ0) is 12.8. The van der Waals surface area contributed by atoms with Crippen molar-refractivity contribution in [2.75, 3.05) is 19.8 Å². The van der Waals surface area contributed by atoms with Gasteiger partial charge in [0.15, 0.2) is 0 Å². The predicted molar refractivity (Wildman–Crippen MR) is 71.1 cm³/mol. The van der Waals surface area contributed by atoms with E-state index in [1.165, 1.54) is 0 Å². The van der Waals surface area contributed by atoms with E-state index in [-0.39, 0.29) is 12.1 Å². The molecule has 1 saturated heterocycles. The highest BCUT2D eigenvalue weighted by Crippen LogP contribution is 2.21. The molecule has 0 aromatic heterocycles. The van der Waals surface area contributed by atoms with Crippen LogP contribution in [0.5, 0.6) is 0 Å². The third-order valence-electron chi connectivity index (χ3n) is 3.70. The smallest absolute Gasteiger partial charge is 0.0739 e. The summed E-state index contributed by atoms with van der Waals surface area (Å²) in [5.74, 6) is 0.629. The molecule has 0 spiro atoms. The number of hydrogen-bond donors (Lipinski definition) is 1. The topological polar surface area (TPSA) is 32.7 Å². The Labute approximate surface area is 106 Å². The fourth-order valence-electron chi connectivity index (χ4n) is 2.76. The lowest BCUT2D eigenvalue weighted by atomic mass is 9.98. The lowest BCUT2D eigenvalue weighted by molar-refractivity contribution is -0.0775. The van der Waals surface area contributed by atoms with E-state index >= 15 is 0 Å². The number of ether oxygens (including phenoxy) is 1. The molecule has 1 fully saturated rings. The molecule has 1 N–H and O–H groups in total. The van der Waals surface area contributed by atoms with Crippen molar-refractivity contribution in [2.24, 2.45) is 5.92 Å². The summed E-state index contributed by atoms with van der Waals surface area (Å²) in [7, 11) is 0. The molecule has 1 aliphatic rings. The second kappa shape index (κ2) is 7.34. The first-order chi connectivity index (χ1) is 8.10. The van der Waals surface area contributed by atoms with Gasteiger partial charge in [0.1, 0.15) is 0 Å². The van der Waals surface area contributed by atoms with Gasteiger partial charge in [0.2, 0.25) is 0 Å². The van der Waals surface area contributed by atoms with Crippen molar-refractivity contribution in [3.63, 3.8) is 0 Å². The Morgan fingerprint density at radius 2 is 1.94 bits per heavy atom. The summed E-state index contributed by atoms with van der Waals surface area (Å²) in [6.45, 7) is 11.4. The number of aliphatic hydroxyl groups is 1. The van der Waals surface area contributed by atoms with Gasteiger partial charge in [-0.25, -0.2) is 0 Å². The first-order valence-electron chi connectivity index (χ1n) is 7.11. The molecule has 0 radical (unpaired) electrons. The van der Waals surface area contributed by atoms with Crippen LogP contribution in [-0.2, 0) is 4.74 Å². The molecular formula is C14H29NO2. The van der Waals surface area contributed by atoms with Gasteiger partial charge in [-0.05, 0) is 25.2 Å². The Morgan fingerprint density at radius 3 is 2.41 bits per heavy atom. The Bertz CT molecular complexity index is 204. The average Bonchev–Trinajstić information content (AvgIpc) is 2.29. The lowest BCUT2D eigenvalue weighted by Gasteiger charge is -2.42. The normalized spacial score (nSPS) is 26.1. The third kappa shape index (κ3) is 4.23. The van der Waals surface area contributed by atoms with Gasteiger partial charge in [-0.2, -0.15) is 0 Å². The van der Waals surface area contributed by atoms with Crippen LogP contribution in [0.4, 0.5) is 0 Å². The minimum Gasteiger partial charge on any atom is -0.391 e. The van der Waals surface area contributed by atoms with Crippen molar-refractivity contribution in [2.45, 2.75) is 65.1 Å². The predicted octanol–water partition coefficient (Wildman–Crippen LogP) is 2.28. The van der Waals surface area contributed by atoms with Gasteiger partial charge in [0.05, 0.1) is 18.8 Å². The second-order valence-electron chi connectivity index (χ2n) is 5.56. The highest BCUT2D eigenvalue weighted by Gasteiger charge is 2.32. The zero-order valence-electron chi connectivity index (χ0n) is 11.9. The van der Waals surface area contributed by atoms with Crippen molar-refractivity contribution in [3.8, 4) is 0 Å². The largest absolute Gasteiger partial charge is 0.391 e. The minimum atomic E-state index is -0.219. The van der Waals surface area contributed by atoms with Crippen LogP contribution in [0.3, 0.4) is 0 Å². The molecule has 0 aromatic carbocycles. The van der Waals surface area contributed by atoms with Crippen LogP contribution in [0.25, 0.3) is 0 Å². The van der Waals surface area contributed by atoms with E-state index in [0.29, 0.717) is 25.2 Å². The average molecular weight is 243 g/mol. The molecule has 17 heavy (non-hydrogen) atoms. The molecule has 0 aliphatic carbocycles. The molecule has 3 nitrogen and oxygen atoms in total. The summed E-state index contributed by atoms with van der Waals surface area (Å²) in [6.07, 6.45) is 2.85. The van der Waals surface area contributed by atoms with Crippen LogP contribution in [-0.4, -0.2) is 48.0 Å². The number of aliphatic hydroxyl groups excluding tert-OH is 1. The first kappa shape index (κ1) is 14.9. The number of rotatable bonds is 6. The minimum absolute atomic E-state index is 0.191. The molecule has 1 heterocycles. The lowest BCUT2D eigenvalue weighted by Crippen LogP contribution is -2.54. The molecule has 3 heteroatoms. The van der Waals surface area contributed by atoms with Crippen molar-refractivity contribution in [1.29, 1.82) is 0 Å². The first-order valence-corrected chi connectivity index (χ1v) is 7.11. The summed E-state index contributed by atoms with van der Waals surface area (Å²) < 4.78 is 5.55. The molecule has 0 bridgehead atoms. The maximum Gasteiger partial charge on any atom is 0.0739 e. The Hall–Kier alpha value is -0.120. The standard InChI is InChI=1S/C14H29NO2/c1-5-12(6-2)15(9-11(3)4)13-10-17-8-7-14(13)16/h11-14,16H,5-10H2,1-4H3. The van der Waals surface area contributed by atoms with Crippen LogP contribution >= 0.6 is 0 Å². The van der Waals surface area contributed by atoms with E-state index in [0.717, 1.165) is 25.8 Å². The van der Waals surface area contributed by atoms with Crippen LogP contribution < -0.4 is 0 Å². The van der Waals surface area contributed by atoms with Gasteiger partial charge in [-0.15, -0.1) is 0 Å². The fraction of sp³-hybridized carbons (Fsp3) is 1.00. The van der Waals surface area contributed by atoms with Gasteiger partial charge in [0.25, 0.3) is 0 Å². The van der Waals surface area contributed by atoms with Crippen LogP contribution in [0.15, 0.2) is 0 Å². The molecule has 0 amide bonds. The molecular weight excluding hydrogens is 214 g/mol. The summed E-state index contributed by atoms with van der Waals surface area (Å²) in [5, 5.41) is 10.2. The van der Waals surface area contributed by atoms with Crippen molar-refractivity contribution in [1.82, 2.24) is 4.90 Å². The Kier molecular flexibility index (Phi) is 6.45. The summed E-state index contributed by atoms with van der Waals surface area (Å²) in [6, 6.07) is 0.759. The highest BCUT2D eigenvalue weighted by molar-refractivity contribution is 4.86. The van der Waals surface area contributed by atoms with E-state index in [1.54, 1.807) is 0 Å². The molecule has 1 aliphatic heterocycles.